The number of carbonyl (C=O) groups is 1. The van der Waals surface area contributed by atoms with Crippen LogP contribution in [0.15, 0.2) is 54.6 Å². The van der Waals surface area contributed by atoms with Gasteiger partial charge in [0.05, 0.1) is 0 Å². The third-order valence-corrected chi connectivity index (χ3v) is 3.28. The van der Waals surface area contributed by atoms with Crippen molar-refractivity contribution in [1.82, 2.24) is 0 Å². The molecule has 3 rings (SSSR count). The zero-order valence-electron chi connectivity index (χ0n) is 10.5. The van der Waals surface area contributed by atoms with E-state index >= 15 is 0 Å². The molecule has 0 radical (unpaired) electrons. The molecule has 0 N–H and O–H groups in total. The first-order valence-corrected chi connectivity index (χ1v) is 6.39. The minimum absolute atomic E-state index is 0.0128. The highest BCUT2D eigenvalue weighted by molar-refractivity contribution is 5.81. The van der Waals surface area contributed by atoms with Crippen LogP contribution in [0.1, 0.15) is 12.0 Å². The van der Waals surface area contributed by atoms with Gasteiger partial charge >= 0.3 is 5.91 Å². The Kier molecular flexibility index (Phi) is 3.19. The summed E-state index contributed by atoms with van der Waals surface area (Å²) >= 11 is 0. The largest absolute Gasteiger partial charge is 0.484 e. The Morgan fingerprint density at radius 2 is 2.11 bits per heavy atom. The van der Waals surface area contributed by atoms with Crippen LogP contribution in [0.3, 0.4) is 0 Å². The van der Waals surface area contributed by atoms with Gasteiger partial charge in [0.15, 0.2) is 6.10 Å². The first kappa shape index (κ1) is 11.8. The molecule has 1 aliphatic carbocycles. The summed E-state index contributed by atoms with van der Waals surface area (Å²) < 4.78 is 7.13. The van der Waals surface area contributed by atoms with Gasteiger partial charge in [-0.1, -0.05) is 42.5 Å². The summed E-state index contributed by atoms with van der Waals surface area (Å²) in [7, 11) is 0. The topological polar surface area (TPSA) is 29.3 Å². The lowest BCUT2D eigenvalue weighted by molar-refractivity contribution is -0.421. The fraction of sp³-hybridized carbons (Fsp3) is 0.188. The summed E-state index contributed by atoms with van der Waals surface area (Å²) in [6.45, 7) is 0. The molecule has 0 saturated heterocycles. The van der Waals surface area contributed by atoms with Gasteiger partial charge in [-0.2, -0.15) is 0 Å². The molecule has 1 amide bonds. The quantitative estimate of drug-likeness (QED) is 0.610. The van der Waals surface area contributed by atoms with Crippen molar-refractivity contribution in [3.63, 3.8) is 0 Å². The summed E-state index contributed by atoms with van der Waals surface area (Å²) in [5.41, 5.74) is 1.11. The molecule has 0 aromatic heterocycles. The van der Waals surface area contributed by atoms with Crippen LogP contribution in [-0.4, -0.2) is 23.0 Å². The predicted molar refractivity (Wildman–Crippen MR) is 72.5 cm³/mol. The fourth-order valence-corrected chi connectivity index (χ4v) is 2.25. The number of rotatable bonds is 3. The van der Waals surface area contributed by atoms with E-state index in [0.717, 1.165) is 18.0 Å². The van der Waals surface area contributed by atoms with E-state index in [1.165, 1.54) is 6.40 Å². The van der Waals surface area contributed by atoms with E-state index in [0.29, 0.717) is 6.42 Å². The number of hydrogen-bond donors (Lipinski definition) is 0. The highest BCUT2D eigenvalue weighted by Gasteiger charge is 2.34. The highest BCUT2D eigenvalue weighted by atomic mass is 16.5. The second-order valence-electron chi connectivity index (χ2n) is 4.61. The third-order valence-electron chi connectivity index (χ3n) is 3.28. The second-order valence-corrected chi connectivity index (χ2v) is 4.61. The molecule has 2 aliphatic rings. The molecular weight excluding hydrogens is 238 g/mol. The Balaban J connectivity index is 1.68. The SMILES string of the molecule is O=C1C(Cc2ccccc2)OC=[N+]1[C-]1C=CC=CC1. The van der Waals surface area contributed by atoms with Gasteiger partial charge < -0.3 is 4.74 Å². The standard InChI is InChI=1S/C16H15NO2/c18-16-15(11-13-7-3-1-4-8-13)19-12-17(16)14-9-5-2-6-10-14/h1-9,12,15H,10-11H2. The zero-order chi connectivity index (χ0) is 13.1. The van der Waals surface area contributed by atoms with Gasteiger partial charge in [-0.3, -0.25) is 4.79 Å². The average Bonchev–Trinajstić information content (AvgIpc) is 2.82. The van der Waals surface area contributed by atoms with Gasteiger partial charge in [-0.05, 0) is 5.56 Å². The molecule has 0 saturated carbocycles. The van der Waals surface area contributed by atoms with Crippen LogP contribution in [-0.2, 0) is 16.0 Å². The summed E-state index contributed by atoms with van der Waals surface area (Å²) in [6, 6.07) is 10.9. The van der Waals surface area contributed by atoms with Crippen molar-refractivity contribution in [3.05, 3.63) is 66.2 Å². The summed E-state index contributed by atoms with van der Waals surface area (Å²) in [4.78, 5) is 12.3. The number of ether oxygens (including phenoxy) is 1. The van der Waals surface area contributed by atoms with Crippen LogP contribution in [0.4, 0.5) is 0 Å². The van der Waals surface area contributed by atoms with E-state index in [-0.39, 0.29) is 5.91 Å². The highest BCUT2D eigenvalue weighted by Crippen LogP contribution is 2.20. The van der Waals surface area contributed by atoms with E-state index in [2.05, 4.69) is 0 Å². The second kappa shape index (κ2) is 5.14. The molecule has 0 fully saturated rings. The minimum Gasteiger partial charge on any atom is -0.484 e. The smallest absolute Gasteiger partial charge is 0.353 e. The first-order valence-electron chi connectivity index (χ1n) is 6.39. The van der Waals surface area contributed by atoms with Gasteiger partial charge in [0, 0.05) is 12.8 Å². The monoisotopic (exact) mass is 253 g/mol. The Morgan fingerprint density at radius 1 is 1.26 bits per heavy atom. The number of allylic oxidation sites excluding steroid dienone is 2. The molecule has 1 aromatic rings. The van der Waals surface area contributed by atoms with E-state index in [4.69, 9.17) is 4.74 Å². The number of nitrogens with zero attached hydrogens (tertiary/aromatic N) is 1. The van der Waals surface area contributed by atoms with E-state index in [1.54, 1.807) is 4.58 Å². The maximum absolute atomic E-state index is 12.3. The molecule has 1 heterocycles. The summed E-state index contributed by atoms with van der Waals surface area (Å²) in [6.07, 6.45) is 10.4. The molecule has 0 bridgehead atoms. The third kappa shape index (κ3) is 2.45. The van der Waals surface area contributed by atoms with E-state index in [1.807, 2.05) is 54.6 Å². The van der Waals surface area contributed by atoms with Crippen molar-refractivity contribution >= 4 is 12.3 Å². The lowest BCUT2D eigenvalue weighted by Gasteiger charge is -2.14. The van der Waals surface area contributed by atoms with Crippen molar-refractivity contribution in [3.8, 4) is 0 Å². The number of benzene rings is 1. The summed E-state index contributed by atoms with van der Waals surface area (Å²) in [5.74, 6) is 0.0128. The predicted octanol–water partition coefficient (Wildman–Crippen LogP) is 2.24. The summed E-state index contributed by atoms with van der Waals surface area (Å²) in [5, 5.41) is 0. The van der Waals surface area contributed by atoms with Gasteiger partial charge in [0.25, 0.3) is 6.40 Å². The molecule has 3 nitrogen and oxygen atoms in total. The molecule has 1 aromatic carbocycles. The Labute approximate surface area is 112 Å². The van der Waals surface area contributed by atoms with Gasteiger partial charge in [-0.15, -0.1) is 12.2 Å². The van der Waals surface area contributed by atoms with E-state index < -0.39 is 6.10 Å². The average molecular weight is 253 g/mol. The van der Waals surface area contributed by atoms with Crippen LogP contribution >= 0.6 is 0 Å². The van der Waals surface area contributed by atoms with Crippen LogP contribution in [0, 0.1) is 6.04 Å². The molecule has 3 heteroatoms. The molecule has 1 unspecified atom stereocenters. The molecule has 0 spiro atoms. The minimum atomic E-state index is -0.408. The zero-order valence-corrected chi connectivity index (χ0v) is 10.5. The van der Waals surface area contributed by atoms with Crippen molar-refractivity contribution in [1.29, 1.82) is 0 Å². The maximum Gasteiger partial charge on any atom is 0.353 e. The maximum atomic E-state index is 12.3. The fourth-order valence-electron chi connectivity index (χ4n) is 2.25. The van der Waals surface area contributed by atoms with Crippen molar-refractivity contribution in [2.45, 2.75) is 18.9 Å². The Morgan fingerprint density at radius 3 is 2.84 bits per heavy atom. The first-order chi connectivity index (χ1) is 9.34. The Bertz CT molecular complexity index is 557. The Hall–Kier alpha value is -2.29. The van der Waals surface area contributed by atoms with Crippen LogP contribution in [0.25, 0.3) is 0 Å². The van der Waals surface area contributed by atoms with Gasteiger partial charge in [-0.25, -0.2) is 4.58 Å². The van der Waals surface area contributed by atoms with Crippen LogP contribution in [0.2, 0.25) is 0 Å². The van der Waals surface area contributed by atoms with Crippen LogP contribution in [0.5, 0.6) is 0 Å². The molecular formula is C16H15NO2. The van der Waals surface area contributed by atoms with E-state index in [9.17, 15) is 4.79 Å². The van der Waals surface area contributed by atoms with Gasteiger partial charge in [0.1, 0.15) is 6.04 Å². The normalized spacial score (nSPS) is 21.5. The molecule has 1 aliphatic heterocycles. The lowest BCUT2D eigenvalue weighted by Crippen LogP contribution is -2.29. The van der Waals surface area contributed by atoms with Crippen molar-refractivity contribution < 1.29 is 14.1 Å². The van der Waals surface area contributed by atoms with Gasteiger partial charge in [0.2, 0.25) is 0 Å². The molecule has 19 heavy (non-hydrogen) atoms. The van der Waals surface area contributed by atoms with Crippen molar-refractivity contribution in [2.75, 3.05) is 0 Å². The van der Waals surface area contributed by atoms with Crippen LogP contribution < -0.4 is 0 Å². The lowest BCUT2D eigenvalue weighted by atomic mass is 10.1. The number of hydrogen-bond acceptors (Lipinski definition) is 2. The van der Waals surface area contributed by atoms with Crippen molar-refractivity contribution in [2.24, 2.45) is 0 Å². The molecule has 1 atom stereocenters. The molecule has 96 valence electrons. The number of amides is 1. The number of carbonyl (C=O) groups excluding carboxylic acids is 1.